The van der Waals surface area contributed by atoms with Gasteiger partial charge in [-0.3, -0.25) is 4.79 Å². The summed E-state index contributed by atoms with van der Waals surface area (Å²) < 4.78 is 41.7. The second-order valence-corrected chi connectivity index (χ2v) is 3.45. The molecule has 0 saturated carbocycles. The van der Waals surface area contributed by atoms with Crippen molar-refractivity contribution in [2.24, 2.45) is 0 Å². The fourth-order valence-corrected chi connectivity index (χ4v) is 1.43. The van der Waals surface area contributed by atoms with Crippen molar-refractivity contribution in [1.29, 1.82) is 0 Å². The summed E-state index contributed by atoms with van der Waals surface area (Å²) in [5.74, 6) is -1.34. The summed E-state index contributed by atoms with van der Waals surface area (Å²) >= 11 is 0. The Labute approximate surface area is 93.1 Å². The number of halogens is 3. The highest BCUT2D eigenvalue weighted by Crippen LogP contribution is 2.30. The lowest BCUT2D eigenvalue weighted by Gasteiger charge is -2.08. The average Bonchev–Trinajstić information content (AvgIpc) is 2.27. The molecular formula is C11H6F3O3-. The second-order valence-electron chi connectivity index (χ2n) is 3.45. The summed E-state index contributed by atoms with van der Waals surface area (Å²) in [7, 11) is 0. The van der Waals surface area contributed by atoms with E-state index >= 15 is 0 Å². The highest BCUT2D eigenvalue weighted by atomic mass is 19.4. The van der Waals surface area contributed by atoms with Crippen molar-refractivity contribution in [3.05, 3.63) is 45.8 Å². The smallest absolute Gasteiger partial charge is 0.449 e. The predicted octanol–water partition coefficient (Wildman–Crippen LogP) is 1.67. The van der Waals surface area contributed by atoms with Crippen LogP contribution in [0.25, 0.3) is 11.0 Å². The molecule has 0 bridgehead atoms. The quantitative estimate of drug-likeness (QED) is 0.765. The van der Waals surface area contributed by atoms with Gasteiger partial charge in [0.1, 0.15) is 5.58 Å². The Morgan fingerprint density at radius 3 is 2.53 bits per heavy atom. The fraction of sp³-hybridized carbons (Fsp3) is 0.182. The lowest BCUT2D eigenvalue weighted by atomic mass is 10.1. The van der Waals surface area contributed by atoms with Crippen LogP contribution in [-0.2, 0) is 12.8 Å². The summed E-state index contributed by atoms with van der Waals surface area (Å²) in [4.78, 5) is 11.5. The van der Waals surface area contributed by atoms with Gasteiger partial charge < -0.3 is 9.52 Å². The van der Waals surface area contributed by atoms with Crippen molar-refractivity contribution in [3.63, 3.8) is 0 Å². The number of alkyl halides is 3. The molecule has 0 fully saturated rings. The van der Waals surface area contributed by atoms with Gasteiger partial charge in [-0.25, -0.2) is 0 Å². The lowest BCUT2D eigenvalue weighted by molar-refractivity contribution is -0.386. The lowest BCUT2D eigenvalue weighted by Crippen LogP contribution is -2.11. The van der Waals surface area contributed by atoms with Crippen molar-refractivity contribution in [2.75, 3.05) is 0 Å². The molecule has 6 heteroatoms. The van der Waals surface area contributed by atoms with Gasteiger partial charge in [0, 0.05) is 6.07 Å². The number of hydrogen-bond acceptors (Lipinski definition) is 3. The molecule has 0 N–H and O–H groups in total. The first kappa shape index (κ1) is 11.7. The Kier molecular flexibility index (Phi) is 2.66. The van der Waals surface area contributed by atoms with Crippen LogP contribution in [0.1, 0.15) is 11.3 Å². The van der Waals surface area contributed by atoms with E-state index in [0.717, 1.165) is 0 Å². The fourth-order valence-electron chi connectivity index (χ4n) is 1.43. The zero-order valence-corrected chi connectivity index (χ0v) is 8.38. The first-order valence-electron chi connectivity index (χ1n) is 4.64. The molecule has 0 amide bonds. The zero-order valence-electron chi connectivity index (χ0n) is 8.38. The van der Waals surface area contributed by atoms with Gasteiger partial charge >= 0.3 is 6.18 Å². The summed E-state index contributed by atoms with van der Waals surface area (Å²) in [6, 6.07) is 4.16. The first-order valence-corrected chi connectivity index (χ1v) is 4.64. The average molecular weight is 243 g/mol. The van der Waals surface area contributed by atoms with Crippen molar-refractivity contribution in [3.8, 4) is 0 Å². The SMILES string of the molecule is O=c1cc(C(F)(F)F)oc2ccc(C[O-])cc12. The van der Waals surface area contributed by atoms with Gasteiger partial charge in [-0.1, -0.05) is 11.6 Å². The van der Waals surface area contributed by atoms with Crippen molar-refractivity contribution >= 4 is 11.0 Å². The van der Waals surface area contributed by atoms with Gasteiger partial charge in [-0.15, -0.1) is 6.61 Å². The summed E-state index contributed by atoms with van der Waals surface area (Å²) in [6.45, 7) is -0.545. The Bertz CT molecular complexity index is 613. The largest absolute Gasteiger partial charge is 0.851 e. The van der Waals surface area contributed by atoms with Gasteiger partial charge in [0.05, 0.1) is 5.39 Å². The third kappa shape index (κ3) is 2.16. The second kappa shape index (κ2) is 3.89. The van der Waals surface area contributed by atoms with E-state index in [1.807, 2.05) is 0 Å². The molecule has 2 aromatic rings. The van der Waals surface area contributed by atoms with Crippen LogP contribution < -0.4 is 10.5 Å². The maximum atomic E-state index is 12.4. The van der Waals surface area contributed by atoms with Crippen molar-refractivity contribution in [2.45, 2.75) is 12.8 Å². The van der Waals surface area contributed by atoms with Crippen LogP contribution in [0.2, 0.25) is 0 Å². The van der Waals surface area contributed by atoms with E-state index in [4.69, 9.17) is 0 Å². The Morgan fingerprint density at radius 1 is 1.24 bits per heavy atom. The molecule has 0 atom stereocenters. The van der Waals surface area contributed by atoms with Crippen LogP contribution in [0.3, 0.4) is 0 Å². The van der Waals surface area contributed by atoms with Crippen LogP contribution >= 0.6 is 0 Å². The number of benzene rings is 1. The van der Waals surface area contributed by atoms with Crippen LogP contribution in [0, 0.1) is 0 Å². The topological polar surface area (TPSA) is 53.3 Å². The Morgan fingerprint density at radius 2 is 1.94 bits per heavy atom. The van der Waals surface area contributed by atoms with E-state index in [9.17, 15) is 23.1 Å². The molecule has 0 unspecified atom stereocenters. The molecule has 1 aromatic carbocycles. The minimum atomic E-state index is -4.70. The minimum absolute atomic E-state index is 0.0219. The normalized spacial score (nSPS) is 12.0. The van der Waals surface area contributed by atoms with E-state index in [1.54, 1.807) is 0 Å². The molecule has 0 radical (unpaired) electrons. The first-order chi connectivity index (χ1) is 7.91. The van der Waals surface area contributed by atoms with E-state index in [0.29, 0.717) is 11.6 Å². The maximum Gasteiger partial charge on any atom is 0.449 e. The summed E-state index contributed by atoms with van der Waals surface area (Å²) in [5.41, 5.74) is -0.666. The summed E-state index contributed by atoms with van der Waals surface area (Å²) in [6.07, 6.45) is -4.70. The number of hydrogen-bond donors (Lipinski definition) is 0. The number of fused-ring (bicyclic) bond motifs is 1. The van der Waals surface area contributed by atoms with Gasteiger partial charge in [-0.2, -0.15) is 13.2 Å². The molecule has 0 aliphatic carbocycles. The Balaban J connectivity index is 2.73. The highest BCUT2D eigenvalue weighted by Gasteiger charge is 2.34. The van der Waals surface area contributed by atoms with E-state index in [1.165, 1.54) is 18.2 Å². The van der Waals surface area contributed by atoms with Crippen LogP contribution in [-0.4, -0.2) is 0 Å². The number of rotatable bonds is 1. The zero-order chi connectivity index (χ0) is 12.6. The predicted molar refractivity (Wildman–Crippen MR) is 51.2 cm³/mol. The molecule has 1 aromatic heterocycles. The molecule has 0 saturated heterocycles. The maximum absolute atomic E-state index is 12.4. The monoisotopic (exact) mass is 243 g/mol. The van der Waals surface area contributed by atoms with Gasteiger partial charge in [0.25, 0.3) is 0 Å². The molecule has 90 valence electrons. The van der Waals surface area contributed by atoms with Crippen molar-refractivity contribution < 1.29 is 22.7 Å². The third-order valence-corrected chi connectivity index (χ3v) is 2.24. The molecule has 17 heavy (non-hydrogen) atoms. The molecule has 1 heterocycles. The molecule has 2 rings (SSSR count). The molecule has 0 aliphatic rings. The highest BCUT2D eigenvalue weighted by molar-refractivity contribution is 5.77. The molecule has 0 aliphatic heterocycles. The molecular weight excluding hydrogens is 237 g/mol. The molecule has 3 nitrogen and oxygen atoms in total. The van der Waals surface area contributed by atoms with Crippen LogP contribution in [0.15, 0.2) is 33.5 Å². The van der Waals surface area contributed by atoms with Gasteiger partial charge in [0.2, 0.25) is 5.76 Å². The molecule has 0 spiro atoms. The van der Waals surface area contributed by atoms with Crippen LogP contribution in [0.5, 0.6) is 0 Å². The Hall–Kier alpha value is -1.82. The summed E-state index contributed by atoms with van der Waals surface area (Å²) in [5, 5.41) is 10.6. The van der Waals surface area contributed by atoms with E-state index < -0.39 is 24.0 Å². The van der Waals surface area contributed by atoms with Gasteiger partial charge in [0.15, 0.2) is 5.43 Å². The van der Waals surface area contributed by atoms with Crippen molar-refractivity contribution in [1.82, 2.24) is 0 Å². The third-order valence-electron chi connectivity index (χ3n) is 2.24. The van der Waals surface area contributed by atoms with E-state index in [2.05, 4.69) is 4.42 Å². The minimum Gasteiger partial charge on any atom is -0.851 e. The van der Waals surface area contributed by atoms with Crippen LogP contribution in [0.4, 0.5) is 13.2 Å². The van der Waals surface area contributed by atoms with Gasteiger partial charge in [-0.05, 0) is 12.1 Å². The van der Waals surface area contributed by atoms with E-state index in [-0.39, 0.29) is 11.0 Å². The standard InChI is InChI=1S/C11H6F3O3/c12-11(13,14)10-4-8(16)7-3-6(5-15)1-2-9(7)17-10/h1-4H,5H2/q-1.